The third kappa shape index (κ3) is 3.29. The zero-order chi connectivity index (χ0) is 18.0. The van der Waals surface area contributed by atoms with Crippen molar-refractivity contribution >= 4 is 22.7 Å². The first-order valence-electron chi connectivity index (χ1n) is 7.84. The van der Waals surface area contributed by atoms with E-state index in [1.807, 2.05) is 12.1 Å². The molecule has 0 aliphatic carbocycles. The average molecular weight is 332 g/mol. The number of aromatic carboxylic acids is 1. The molecule has 5 nitrogen and oxygen atoms in total. The summed E-state index contributed by atoms with van der Waals surface area (Å²) in [5.74, 6) is -0.977. The normalized spacial score (nSPS) is 10.6. The maximum Gasteiger partial charge on any atom is 0.335 e. The average Bonchev–Trinajstić information content (AvgIpc) is 2.96. The Morgan fingerprint density at radius 1 is 1.16 bits per heavy atom. The lowest BCUT2D eigenvalue weighted by Gasteiger charge is -2.02. The second kappa shape index (κ2) is 6.62. The van der Waals surface area contributed by atoms with E-state index in [0.29, 0.717) is 24.0 Å². The fourth-order valence-electron chi connectivity index (χ4n) is 2.88. The molecule has 3 aromatic rings. The number of aromatic nitrogens is 1. The Morgan fingerprint density at radius 3 is 2.52 bits per heavy atom. The molecule has 0 saturated carbocycles. The third-order valence-electron chi connectivity index (χ3n) is 4.26. The minimum absolute atomic E-state index is 0.0121. The van der Waals surface area contributed by atoms with Gasteiger partial charge in [0.05, 0.1) is 17.2 Å². The van der Waals surface area contributed by atoms with Crippen molar-refractivity contribution in [2.45, 2.75) is 12.8 Å². The molecule has 2 aromatic carbocycles. The smallest absolute Gasteiger partial charge is 0.335 e. The SMILES string of the molecule is Cn1cc(C(=O)CCc2ccc(C#N)cc2)c2ccc(C(=O)O)cc21. The molecule has 0 saturated heterocycles. The number of hydrogen-bond acceptors (Lipinski definition) is 3. The van der Waals surface area contributed by atoms with Gasteiger partial charge < -0.3 is 9.67 Å². The number of carboxylic acids is 1. The zero-order valence-corrected chi connectivity index (χ0v) is 13.7. The molecule has 0 amide bonds. The zero-order valence-electron chi connectivity index (χ0n) is 13.7. The molecule has 3 rings (SSSR count). The van der Waals surface area contributed by atoms with Crippen molar-refractivity contribution in [2.75, 3.05) is 0 Å². The lowest BCUT2D eigenvalue weighted by atomic mass is 10.0. The quantitative estimate of drug-likeness (QED) is 0.724. The summed E-state index contributed by atoms with van der Waals surface area (Å²) in [6.07, 6.45) is 2.69. The van der Waals surface area contributed by atoms with Crippen LogP contribution in [0.2, 0.25) is 0 Å². The van der Waals surface area contributed by atoms with Crippen LogP contribution in [0.5, 0.6) is 0 Å². The van der Waals surface area contributed by atoms with E-state index in [9.17, 15) is 9.59 Å². The highest BCUT2D eigenvalue weighted by atomic mass is 16.4. The summed E-state index contributed by atoms with van der Waals surface area (Å²) >= 11 is 0. The van der Waals surface area contributed by atoms with Gasteiger partial charge >= 0.3 is 5.97 Å². The third-order valence-corrected chi connectivity index (χ3v) is 4.26. The second-order valence-electron chi connectivity index (χ2n) is 5.92. The number of rotatable bonds is 5. The fourth-order valence-corrected chi connectivity index (χ4v) is 2.88. The van der Waals surface area contributed by atoms with Gasteiger partial charge in [-0.2, -0.15) is 5.26 Å². The Bertz CT molecular complexity index is 1010. The minimum Gasteiger partial charge on any atom is -0.478 e. The number of nitrogens with zero attached hydrogens (tertiary/aromatic N) is 2. The summed E-state index contributed by atoms with van der Waals surface area (Å²) < 4.78 is 1.77. The maximum absolute atomic E-state index is 12.6. The van der Waals surface area contributed by atoms with Crippen LogP contribution in [0.15, 0.2) is 48.7 Å². The largest absolute Gasteiger partial charge is 0.478 e. The minimum atomic E-state index is -0.989. The summed E-state index contributed by atoms with van der Waals surface area (Å²) in [6, 6.07) is 14.0. The summed E-state index contributed by atoms with van der Waals surface area (Å²) in [6.45, 7) is 0. The van der Waals surface area contributed by atoms with Gasteiger partial charge in [-0.3, -0.25) is 4.79 Å². The first kappa shape index (κ1) is 16.5. The highest BCUT2D eigenvalue weighted by Crippen LogP contribution is 2.24. The van der Waals surface area contributed by atoms with Crippen molar-refractivity contribution in [1.29, 1.82) is 5.26 Å². The molecular weight excluding hydrogens is 316 g/mol. The number of Topliss-reactive ketones (excluding diaryl/α,β-unsaturated/α-hetero) is 1. The Labute approximate surface area is 144 Å². The van der Waals surface area contributed by atoms with Crippen LogP contribution >= 0.6 is 0 Å². The van der Waals surface area contributed by atoms with Gasteiger partial charge in [-0.05, 0) is 36.2 Å². The Morgan fingerprint density at radius 2 is 1.88 bits per heavy atom. The van der Waals surface area contributed by atoms with Crippen LogP contribution in [0.4, 0.5) is 0 Å². The van der Waals surface area contributed by atoms with Gasteiger partial charge in [0.1, 0.15) is 0 Å². The highest BCUT2D eigenvalue weighted by Gasteiger charge is 2.15. The predicted molar refractivity (Wildman–Crippen MR) is 93.7 cm³/mol. The summed E-state index contributed by atoms with van der Waals surface area (Å²) in [4.78, 5) is 23.7. The number of carbonyl (C=O) groups is 2. The van der Waals surface area contributed by atoms with Crippen molar-refractivity contribution in [2.24, 2.45) is 7.05 Å². The first-order chi connectivity index (χ1) is 12.0. The van der Waals surface area contributed by atoms with Crippen molar-refractivity contribution in [3.05, 3.63) is 70.9 Å². The van der Waals surface area contributed by atoms with E-state index in [2.05, 4.69) is 6.07 Å². The summed E-state index contributed by atoms with van der Waals surface area (Å²) in [5, 5.41) is 18.7. The van der Waals surface area contributed by atoms with E-state index in [0.717, 1.165) is 16.5 Å². The molecule has 0 unspecified atom stereocenters. The molecule has 0 aliphatic heterocycles. The number of aryl methyl sites for hydroxylation is 2. The van der Waals surface area contributed by atoms with Gasteiger partial charge in [0.15, 0.2) is 5.78 Å². The number of benzene rings is 2. The monoisotopic (exact) mass is 332 g/mol. The topological polar surface area (TPSA) is 83.1 Å². The van der Waals surface area contributed by atoms with Crippen LogP contribution in [-0.4, -0.2) is 21.4 Å². The molecule has 0 bridgehead atoms. The van der Waals surface area contributed by atoms with E-state index in [1.54, 1.807) is 42.1 Å². The lowest BCUT2D eigenvalue weighted by molar-refractivity contribution is 0.0697. The van der Waals surface area contributed by atoms with Crippen molar-refractivity contribution < 1.29 is 14.7 Å². The van der Waals surface area contributed by atoms with Crippen molar-refractivity contribution in [1.82, 2.24) is 4.57 Å². The Balaban J connectivity index is 1.82. The molecule has 0 radical (unpaired) electrons. The number of carbonyl (C=O) groups excluding carboxylic acids is 1. The Hall–Kier alpha value is -3.39. The molecule has 0 spiro atoms. The number of nitriles is 1. The van der Waals surface area contributed by atoms with Crippen LogP contribution in [0.25, 0.3) is 10.9 Å². The van der Waals surface area contributed by atoms with E-state index < -0.39 is 5.97 Å². The van der Waals surface area contributed by atoms with Crippen LogP contribution < -0.4 is 0 Å². The highest BCUT2D eigenvalue weighted by molar-refractivity contribution is 6.09. The molecule has 1 heterocycles. The van der Waals surface area contributed by atoms with Crippen LogP contribution in [0.3, 0.4) is 0 Å². The van der Waals surface area contributed by atoms with E-state index in [-0.39, 0.29) is 11.3 Å². The van der Waals surface area contributed by atoms with E-state index in [1.165, 1.54) is 6.07 Å². The number of carboxylic acid groups (broad SMARTS) is 1. The van der Waals surface area contributed by atoms with Crippen LogP contribution in [0.1, 0.15) is 38.3 Å². The van der Waals surface area contributed by atoms with Gasteiger partial charge in [0.2, 0.25) is 0 Å². The van der Waals surface area contributed by atoms with E-state index in [4.69, 9.17) is 10.4 Å². The fraction of sp³-hybridized carbons (Fsp3) is 0.150. The predicted octanol–water partition coefficient (Wildman–Crippen LogP) is 3.56. The molecule has 1 aromatic heterocycles. The Kier molecular flexibility index (Phi) is 4.36. The molecular formula is C20H16N2O3. The molecule has 0 atom stereocenters. The summed E-state index contributed by atoms with van der Waals surface area (Å²) in [5.41, 5.74) is 3.12. The number of ketones is 1. The molecule has 25 heavy (non-hydrogen) atoms. The maximum atomic E-state index is 12.6. The van der Waals surface area contributed by atoms with Crippen LogP contribution in [0, 0.1) is 11.3 Å². The van der Waals surface area contributed by atoms with Gasteiger partial charge in [-0.15, -0.1) is 0 Å². The van der Waals surface area contributed by atoms with Gasteiger partial charge in [0, 0.05) is 36.1 Å². The van der Waals surface area contributed by atoms with Crippen LogP contribution in [-0.2, 0) is 13.5 Å². The van der Waals surface area contributed by atoms with Crippen molar-refractivity contribution in [3.8, 4) is 6.07 Å². The number of hydrogen-bond donors (Lipinski definition) is 1. The van der Waals surface area contributed by atoms with Gasteiger partial charge in [0.25, 0.3) is 0 Å². The molecule has 124 valence electrons. The molecule has 0 aliphatic rings. The van der Waals surface area contributed by atoms with Gasteiger partial charge in [-0.25, -0.2) is 4.79 Å². The lowest BCUT2D eigenvalue weighted by Crippen LogP contribution is -2.01. The molecule has 0 fully saturated rings. The first-order valence-corrected chi connectivity index (χ1v) is 7.84. The summed E-state index contributed by atoms with van der Waals surface area (Å²) in [7, 11) is 1.80. The molecule has 1 N–H and O–H groups in total. The van der Waals surface area contributed by atoms with E-state index >= 15 is 0 Å². The number of fused-ring (bicyclic) bond motifs is 1. The molecule has 5 heteroatoms. The standard InChI is InChI=1S/C20H16N2O3/c1-22-12-17(16-8-7-15(20(24)25)10-18(16)22)19(23)9-6-13-2-4-14(11-21)5-3-13/h2-5,7-8,10,12H,6,9H2,1H3,(H,24,25). The van der Waals surface area contributed by atoms with Gasteiger partial charge in [-0.1, -0.05) is 18.2 Å². The van der Waals surface area contributed by atoms with Crippen molar-refractivity contribution in [3.63, 3.8) is 0 Å². The second-order valence-corrected chi connectivity index (χ2v) is 5.92.